The van der Waals surface area contributed by atoms with E-state index in [-0.39, 0.29) is 35.6 Å². The van der Waals surface area contributed by atoms with Crippen molar-refractivity contribution in [1.82, 2.24) is 20.9 Å². The van der Waals surface area contributed by atoms with Crippen molar-refractivity contribution in [3.63, 3.8) is 0 Å². The number of Topliss-reactive ketones (excluding diaryl/α,β-unsaturated/α-hetero) is 1. The van der Waals surface area contributed by atoms with Gasteiger partial charge in [-0.15, -0.1) is 6.58 Å². The maximum absolute atomic E-state index is 13.7. The van der Waals surface area contributed by atoms with Crippen LogP contribution in [0.3, 0.4) is 0 Å². The monoisotopic (exact) mass is 518 g/mol. The number of hydrogen-bond donors (Lipinski definition) is 3. The van der Waals surface area contributed by atoms with Gasteiger partial charge in [-0.25, -0.2) is 4.79 Å². The number of carbonyl (C=O) groups is 5. The van der Waals surface area contributed by atoms with Crippen LogP contribution in [0.15, 0.2) is 12.7 Å². The Morgan fingerprint density at radius 2 is 1.78 bits per heavy atom. The lowest BCUT2D eigenvalue weighted by atomic mass is 9.98. The van der Waals surface area contributed by atoms with E-state index < -0.39 is 47.4 Å². The molecule has 3 aliphatic rings. The Morgan fingerprint density at radius 1 is 1.14 bits per heavy atom. The zero-order chi connectivity index (χ0) is 27.7. The number of hydrogen-bond acceptors (Lipinski definition) is 6. The molecule has 0 spiro atoms. The topological polar surface area (TPSA) is 134 Å². The largest absolute Gasteiger partial charge is 0.444 e. The highest BCUT2D eigenvalue weighted by Crippen LogP contribution is 2.65. The molecule has 1 aliphatic heterocycles. The second-order valence-corrected chi connectivity index (χ2v) is 12.1. The Bertz CT molecular complexity index is 951. The second kappa shape index (κ2) is 10.8. The van der Waals surface area contributed by atoms with Crippen molar-refractivity contribution in [1.29, 1.82) is 0 Å². The van der Waals surface area contributed by atoms with Crippen molar-refractivity contribution in [2.45, 2.75) is 91.0 Å². The summed E-state index contributed by atoms with van der Waals surface area (Å²) in [7, 11) is 0. The molecule has 0 radical (unpaired) electrons. The average Bonchev–Trinajstić information content (AvgIpc) is 3.67. The van der Waals surface area contributed by atoms with Gasteiger partial charge in [0, 0.05) is 13.1 Å². The highest BCUT2D eigenvalue weighted by Gasteiger charge is 2.70. The SMILES string of the molecule is C=CCNC(=O)C(=O)C(CCC)NC(=O)[C@@H]1[C@@H]2[C@H](CN1C(=O)[C@@H](NC(=O)OC(C)(C)C)C1CC1)C2(C)C. The van der Waals surface area contributed by atoms with Gasteiger partial charge in [0.25, 0.3) is 5.91 Å². The molecule has 3 rings (SSSR count). The van der Waals surface area contributed by atoms with Crippen LogP contribution in [0, 0.1) is 23.2 Å². The Labute approximate surface area is 219 Å². The Balaban J connectivity index is 1.77. The van der Waals surface area contributed by atoms with Crippen LogP contribution in [0.5, 0.6) is 0 Å². The number of nitrogens with zero attached hydrogens (tertiary/aromatic N) is 1. The number of alkyl carbamates (subject to hydrolysis) is 1. The summed E-state index contributed by atoms with van der Waals surface area (Å²) < 4.78 is 5.37. The van der Waals surface area contributed by atoms with Crippen LogP contribution < -0.4 is 16.0 Å². The molecule has 10 nitrogen and oxygen atoms in total. The van der Waals surface area contributed by atoms with Crippen molar-refractivity contribution < 1.29 is 28.7 Å². The van der Waals surface area contributed by atoms with Crippen molar-refractivity contribution in [3.8, 4) is 0 Å². The molecule has 0 aromatic carbocycles. The van der Waals surface area contributed by atoms with E-state index in [4.69, 9.17) is 4.74 Å². The molecule has 37 heavy (non-hydrogen) atoms. The standard InChI is InChI=1S/C27H42N4O6/c1-8-10-17(21(32)23(34)28-13-9-2)29-22(33)20-18-16(27(18,6)7)14-31(20)24(35)19(15-11-12-15)30-25(36)37-26(3,4)5/h9,15-20H,2,8,10-14H2,1,3-7H3,(H,28,34)(H,29,33)(H,30,36)/t16-,17?,18-,19-,20-/m0/s1. The molecule has 5 atom stereocenters. The smallest absolute Gasteiger partial charge is 0.408 e. The van der Waals surface area contributed by atoms with Crippen molar-refractivity contribution in [3.05, 3.63) is 12.7 Å². The molecule has 0 aromatic rings. The number of rotatable bonds is 11. The molecule has 2 aliphatic carbocycles. The van der Waals surface area contributed by atoms with Gasteiger partial charge in [-0.1, -0.05) is 33.3 Å². The number of nitrogens with one attached hydrogen (secondary N) is 3. The van der Waals surface area contributed by atoms with E-state index in [0.29, 0.717) is 19.4 Å². The number of ether oxygens (including phenoxy) is 1. The van der Waals surface area contributed by atoms with E-state index >= 15 is 0 Å². The third-order valence-electron chi connectivity index (χ3n) is 7.63. The fraction of sp³-hybridized carbons (Fsp3) is 0.741. The van der Waals surface area contributed by atoms with E-state index in [1.54, 1.807) is 25.7 Å². The van der Waals surface area contributed by atoms with Gasteiger partial charge in [0.2, 0.25) is 17.6 Å². The normalized spacial score (nSPS) is 25.2. The predicted octanol–water partition coefficient (Wildman–Crippen LogP) is 1.93. The Morgan fingerprint density at radius 3 is 2.32 bits per heavy atom. The molecule has 2 saturated carbocycles. The third kappa shape index (κ3) is 6.51. The Kier molecular flexibility index (Phi) is 8.39. The second-order valence-electron chi connectivity index (χ2n) is 12.1. The summed E-state index contributed by atoms with van der Waals surface area (Å²) >= 11 is 0. The van der Waals surface area contributed by atoms with Gasteiger partial charge in [-0.3, -0.25) is 19.2 Å². The summed E-state index contributed by atoms with van der Waals surface area (Å²) in [4.78, 5) is 66.4. The van der Waals surface area contributed by atoms with Gasteiger partial charge in [0.1, 0.15) is 17.7 Å². The van der Waals surface area contributed by atoms with Crippen LogP contribution >= 0.6 is 0 Å². The number of fused-ring (bicyclic) bond motifs is 1. The van der Waals surface area contributed by atoms with E-state index in [2.05, 4.69) is 36.4 Å². The van der Waals surface area contributed by atoms with Crippen molar-refractivity contribution in [2.75, 3.05) is 13.1 Å². The van der Waals surface area contributed by atoms with Gasteiger partial charge in [-0.05, 0) is 63.2 Å². The maximum Gasteiger partial charge on any atom is 0.408 e. The Hall–Kier alpha value is -2.91. The molecule has 206 valence electrons. The van der Waals surface area contributed by atoms with Gasteiger partial charge >= 0.3 is 6.09 Å². The van der Waals surface area contributed by atoms with Gasteiger partial charge in [0.05, 0.1) is 6.04 Å². The minimum absolute atomic E-state index is 0.00311. The maximum atomic E-state index is 13.7. The van der Waals surface area contributed by atoms with Crippen molar-refractivity contribution >= 4 is 29.6 Å². The quantitative estimate of drug-likeness (QED) is 0.283. The lowest BCUT2D eigenvalue weighted by Crippen LogP contribution is -2.58. The first-order valence-corrected chi connectivity index (χ1v) is 13.3. The molecule has 1 saturated heterocycles. The molecular weight excluding hydrogens is 476 g/mol. The van der Waals surface area contributed by atoms with E-state index in [1.807, 2.05) is 6.92 Å². The molecule has 1 unspecified atom stereocenters. The zero-order valence-corrected chi connectivity index (χ0v) is 22.9. The highest BCUT2D eigenvalue weighted by molar-refractivity contribution is 6.38. The lowest BCUT2D eigenvalue weighted by molar-refractivity contribution is -0.144. The molecule has 3 N–H and O–H groups in total. The molecule has 10 heteroatoms. The first kappa shape index (κ1) is 28.7. The summed E-state index contributed by atoms with van der Waals surface area (Å²) in [6.07, 6.45) is 3.30. The number of carbonyl (C=O) groups excluding carboxylic acids is 5. The van der Waals surface area contributed by atoms with Gasteiger partial charge in [-0.2, -0.15) is 0 Å². The van der Waals surface area contributed by atoms with E-state index in [9.17, 15) is 24.0 Å². The molecule has 4 amide bonds. The number of ketones is 1. The molecular formula is C27H42N4O6. The number of likely N-dealkylation sites (tertiary alicyclic amines) is 1. The van der Waals surface area contributed by atoms with Crippen LogP contribution in [0.2, 0.25) is 0 Å². The minimum atomic E-state index is -0.987. The van der Waals surface area contributed by atoms with Crippen LogP contribution in [-0.4, -0.2) is 71.3 Å². The number of amides is 4. The van der Waals surface area contributed by atoms with Crippen LogP contribution in [0.4, 0.5) is 4.79 Å². The molecule has 1 heterocycles. The van der Waals surface area contributed by atoms with Crippen LogP contribution in [-0.2, 0) is 23.9 Å². The summed E-state index contributed by atoms with van der Waals surface area (Å²) in [6.45, 7) is 15.3. The summed E-state index contributed by atoms with van der Waals surface area (Å²) in [5.41, 5.74) is -0.834. The van der Waals surface area contributed by atoms with Crippen LogP contribution in [0.1, 0.15) is 67.2 Å². The fourth-order valence-electron chi connectivity index (χ4n) is 5.46. The first-order chi connectivity index (χ1) is 17.2. The zero-order valence-electron chi connectivity index (χ0n) is 22.9. The fourth-order valence-corrected chi connectivity index (χ4v) is 5.46. The van der Waals surface area contributed by atoms with Gasteiger partial charge in [0.15, 0.2) is 0 Å². The molecule has 0 aromatic heterocycles. The number of piperidine rings is 1. The van der Waals surface area contributed by atoms with E-state index in [0.717, 1.165) is 12.8 Å². The highest BCUT2D eigenvalue weighted by atomic mass is 16.6. The van der Waals surface area contributed by atoms with Crippen LogP contribution in [0.25, 0.3) is 0 Å². The average molecular weight is 519 g/mol. The van der Waals surface area contributed by atoms with Gasteiger partial charge < -0.3 is 25.6 Å². The van der Waals surface area contributed by atoms with E-state index in [1.165, 1.54) is 6.08 Å². The summed E-state index contributed by atoms with van der Waals surface area (Å²) in [5.74, 6) is -2.17. The predicted molar refractivity (Wildman–Crippen MR) is 137 cm³/mol. The summed E-state index contributed by atoms with van der Waals surface area (Å²) in [5, 5.41) is 7.97. The minimum Gasteiger partial charge on any atom is -0.444 e. The summed E-state index contributed by atoms with van der Waals surface area (Å²) in [6, 6.07) is -2.54. The first-order valence-electron chi connectivity index (χ1n) is 13.3. The molecule has 3 fully saturated rings. The third-order valence-corrected chi connectivity index (χ3v) is 7.63. The molecule has 0 bridgehead atoms. The van der Waals surface area contributed by atoms with Crippen molar-refractivity contribution in [2.24, 2.45) is 23.2 Å². The lowest BCUT2D eigenvalue weighted by Gasteiger charge is -2.34.